The predicted octanol–water partition coefficient (Wildman–Crippen LogP) is 1.85. The number of likely N-dealkylation sites (tertiary alicyclic amines) is 1. The first kappa shape index (κ1) is 18.4. The Morgan fingerprint density at radius 2 is 1.92 bits per heavy atom. The van der Waals surface area contributed by atoms with E-state index < -0.39 is 11.4 Å². The molecule has 2 fully saturated rings. The Labute approximate surface area is 151 Å². The highest BCUT2D eigenvalue weighted by Crippen LogP contribution is 2.47. The van der Waals surface area contributed by atoms with Crippen molar-refractivity contribution in [1.82, 2.24) is 10.2 Å². The molecule has 0 radical (unpaired) electrons. The van der Waals surface area contributed by atoms with Crippen molar-refractivity contribution in [1.29, 1.82) is 0 Å². The molecular weight excluding hydrogens is 339 g/mol. The second kappa shape index (κ2) is 7.05. The summed E-state index contributed by atoms with van der Waals surface area (Å²) in [5.74, 6) is -1.99. The maximum absolute atomic E-state index is 13.5. The van der Waals surface area contributed by atoms with Crippen molar-refractivity contribution >= 4 is 17.8 Å². The molecule has 1 aliphatic carbocycles. The van der Waals surface area contributed by atoms with E-state index >= 15 is 0 Å². The lowest BCUT2D eigenvalue weighted by molar-refractivity contribution is -0.154. The van der Waals surface area contributed by atoms with Crippen LogP contribution in [0.5, 0.6) is 0 Å². The van der Waals surface area contributed by atoms with E-state index in [1.165, 1.54) is 6.07 Å². The number of hydrogen-bond acceptors (Lipinski definition) is 3. The third-order valence-electron chi connectivity index (χ3n) is 5.42. The highest BCUT2D eigenvalue weighted by atomic mass is 19.1. The molecule has 2 amide bonds. The number of benzene rings is 1. The first-order valence-corrected chi connectivity index (χ1v) is 8.89. The fraction of sp³-hybridized carbons (Fsp3) is 0.526. The molecule has 7 heteroatoms. The molecule has 1 heterocycles. The summed E-state index contributed by atoms with van der Waals surface area (Å²) in [6, 6.07) is 4.87. The summed E-state index contributed by atoms with van der Waals surface area (Å²) in [5, 5.41) is 12.0. The summed E-state index contributed by atoms with van der Waals surface area (Å²) in [5.41, 5.74) is 0.0445. The fourth-order valence-electron chi connectivity index (χ4n) is 3.37. The van der Waals surface area contributed by atoms with Gasteiger partial charge in [0.1, 0.15) is 11.2 Å². The van der Waals surface area contributed by atoms with Gasteiger partial charge in [0.25, 0.3) is 0 Å². The summed E-state index contributed by atoms with van der Waals surface area (Å²) < 4.78 is 13.5. The van der Waals surface area contributed by atoms with Crippen molar-refractivity contribution < 1.29 is 23.9 Å². The van der Waals surface area contributed by atoms with Crippen LogP contribution in [0.25, 0.3) is 0 Å². The average molecular weight is 362 g/mol. The number of piperidine rings is 1. The number of carbonyl (C=O) groups excluding carboxylic acids is 2. The molecule has 0 spiro atoms. The molecule has 1 aromatic rings. The number of rotatable bonds is 5. The Morgan fingerprint density at radius 1 is 1.27 bits per heavy atom. The summed E-state index contributed by atoms with van der Waals surface area (Å²) in [4.78, 5) is 37.5. The number of amides is 2. The normalized spacial score (nSPS) is 19.1. The van der Waals surface area contributed by atoms with Gasteiger partial charge in [-0.05, 0) is 49.8 Å². The van der Waals surface area contributed by atoms with E-state index in [-0.39, 0.29) is 30.1 Å². The first-order valence-electron chi connectivity index (χ1n) is 8.89. The summed E-state index contributed by atoms with van der Waals surface area (Å²) in [6.07, 6.45) is 1.81. The molecule has 0 aromatic heterocycles. The van der Waals surface area contributed by atoms with Crippen LogP contribution in [0, 0.1) is 24.1 Å². The number of carbonyl (C=O) groups is 3. The monoisotopic (exact) mass is 362 g/mol. The van der Waals surface area contributed by atoms with Gasteiger partial charge in [-0.3, -0.25) is 14.4 Å². The van der Waals surface area contributed by atoms with Crippen LogP contribution in [-0.2, 0) is 20.9 Å². The fourth-order valence-corrected chi connectivity index (χ4v) is 3.37. The second-order valence-electron chi connectivity index (χ2n) is 7.26. The summed E-state index contributed by atoms with van der Waals surface area (Å²) in [7, 11) is 0. The van der Waals surface area contributed by atoms with E-state index in [0.717, 1.165) is 0 Å². The van der Waals surface area contributed by atoms with E-state index in [4.69, 9.17) is 0 Å². The molecule has 1 saturated carbocycles. The Balaban J connectivity index is 1.48. The van der Waals surface area contributed by atoms with Crippen molar-refractivity contribution in [2.24, 2.45) is 11.3 Å². The molecule has 1 aliphatic heterocycles. The number of aliphatic carboxylic acids is 1. The molecule has 3 rings (SSSR count). The van der Waals surface area contributed by atoms with E-state index in [2.05, 4.69) is 5.32 Å². The van der Waals surface area contributed by atoms with E-state index in [0.29, 0.717) is 49.9 Å². The first-order chi connectivity index (χ1) is 12.3. The molecule has 0 atom stereocenters. The Bertz CT molecular complexity index is 737. The van der Waals surface area contributed by atoms with E-state index in [9.17, 15) is 23.9 Å². The van der Waals surface area contributed by atoms with Gasteiger partial charge in [-0.25, -0.2) is 4.39 Å². The van der Waals surface area contributed by atoms with E-state index in [1.54, 1.807) is 24.0 Å². The topological polar surface area (TPSA) is 86.7 Å². The number of aryl methyl sites for hydroxylation is 1. The van der Waals surface area contributed by atoms with Crippen LogP contribution in [0.3, 0.4) is 0 Å². The Hall–Kier alpha value is -2.44. The van der Waals surface area contributed by atoms with Crippen molar-refractivity contribution in [3.05, 3.63) is 35.1 Å². The standard InChI is InChI=1S/C19H23FN2O4/c1-12-2-3-13(10-15(12)20)11-21-16(23)14-4-8-22(9-5-14)17(24)19(6-7-19)18(25)26/h2-3,10,14H,4-9,11H2,1H3,(H,21,23)(H,25,26). The van der Waals surface area contributed by atoms with Crippen LogP contribution in [0.2, 0.25) is 0 Å². The minimum Gasteiger partial charge on any atom is -0.480 e. The minimum atomic E-state index is -1.22. The average Bonchev–Trinajstić information content (AvgIpc) is 3.44. The highest BCUT2D eigenvalue weighted by molar-refractivity contribution is 6.04. The van der Waals surface area contributed by atoms with Gasteiger partial charge in [-0.1, -0.05) is 12.1 Å². The van der Waals surface area contributed by atoms with Gasteiger partial charge < -0.3 is 15.3 Å². The molecule has 1 aromatic carbocycles. The zero-order valence-electron chi connectivity index (χ0n) is 14.8. The number of nitrogens with one attached hydrogen (secondary N) is 1. The highest BCUT2D eigenvalue weighted by Gasteiger charge is 2.58. The molecule has 26 heavy (non-hydrogen) atoms. The summed E-state index contributed by atoms with van der Waals surface area (Å²) in [6.45, 7) is 2.73. The van der Waals surface area contributed by atoms with Gasteiger partial charge in [-0.2, -0.15) is 0 Å². The number of nitrogens with zero attached hydrogens (tertiary/aromatic N) is 1. The molecule has 1 saturated heterocycles. The van der Waals surface area contributed by atoms with Crippen LogP contribution in [-0.4, -0.2) is 40.9 Å². The number of halogens is 1. The van der Waals surface area contributed by atoms with Crippen LogP contribution in [0.1, 0.15) is 36.8 Å². The van der Waals surface area contributed by atoms with E-state index in [1.807, 2.05) is 0 Å². The van der Waals surface area contributed by atoms with Gasteiger partial charge >= 0.3 is 5.97 Å². The third kappa shape index (κ3) is 3.57. The second-order valence-corrected chi connectivity index (χ2v) is 7.26. The Kier molecular flexibility index (Phi) is 4.98. The molecule has 0 unspecified atom stereocenters. The van der Waals surface area contributed by atoms with Crippen molar-refractivity contribution in [3.8, 4) is 0 Å². The van der Waals surface area contributed by atoms with Crippen LogP contribution in [0.4, 0.5) is 4.39 Å². The smallest absolute Gasteiger partial charge is 0.319 e. The van der Waals surface area contributed by atoms with Gasteiger partial charge in [0, 0.05) is 25.6 Å². The quantitative estimate of drug-likeness (QED) is 0.783. The van der Waals surface area contributed by atoms with Gasteiger partial charge in [0.2, 0.25) is 11.8 Å². The molecule has 140 valence electrons. The van der Waals surface area contributed by atoms with Crippen LogP contribution in [0.15, 0.2) is 18.2 Å². The minimum absolute atomic E-state index is 0.113. The maximum atomic E-state index is 13.5. The molecule has 6 nitrogen and oxygen atoms in total. The molecule has 0 bridgehead atoms. The van der Waals surface area contributed by atoms with Gasteiger partial charge in [0.05, 0.1) is 0 Å². The predicted molar refractivity (Wildman–Crippen MR) is 91.6 cm³/mol. The molecule has 2 N–H and O–H groups in total. The summed E-state index contributed by atoms with van der Waals surface area (Å²) >= 11 is 0. The van der Waals surface area contributed by atoms with Gasteiger partial charge in [-0.15, -0.1) is 0 Å². The lowest BCUT2D eigenvalue weighted by atomic mass is 9.94. The molecule has 2 aliphatic rings. The van der Waals surface area contributed by atoms with Gasteiger partial charge in [0.15, 0.2) is 0 Å². The lowest BCUT2D eigenvalue weighted by Crippen LogP contribution is -2.47. The SMILES string of the molecule is Cc1ccc(CNC(=O)C2CCN(C(=O)C3(C(=O)O)CC3)CC2)cc1F. The van der Waals surface area contributed by atoms with Crippen LogP contribution < -0.4 is 5.32 Å². The Morgan fingerprint density at radius 3 is 2.46 bits per heavy atom. The zero-order chi connectivity index (χ0) is 18.9. The van der Waals surface area contributed by atoms with Crippen LogP contribution >= 0.6 is 0 Å². The number of carboxylic acid groups (broad SMARTS) is 1. The van der Waals surface area contributed by atoms with Crippen molar-refractivity contribution in [3.63, 3.8) is 0 Å². The van der Waals surface area contributed by atoms with Crippen molar-refractivity contribution in [2.75, 3.05) is 13.1 Å². The third-order valence-corrected chi connectivity index (χ3v) is 5.42. The largest absolute Gasteiger partial charge is 0.480 e. The maximum Gasteiger partial charge on any atom is 0.319 e. The molecular formula is C19H23FN2O4. The van der Waals surface area contributed by atoms with Crippen molar-refractivity contribution in [2.45, 2.75) is 39.2 Å². The number of carboxylic acids is 1. The zero-order valence-corrected chi connectivity index (χ0v) is 14.8. The number of hydrogen-bond donors (Lipinski definition) is 2. The lowest BCUT2D eigenvalue weighted by Gasteiger charge is -2.33.